The highest BCUT2D eigenvalue weighted by Gasteiger charge is 2.38. The van der Waals surface area contributed by atoms with Gasteiger partial charge in [0, 0.05) is 11.8 Å². The van der Waals surface area contributed by atoms with Gasteiger partial charge in [-0.05, 0) is 62.0 Å². The normalized spacial score (nSPS) is 15.7. The molecule has 41 heavy (non-hydrogen) atoms. The summed E-state index contributed by atoms with van der Waals surface area (Å²) in [5, 5.41) is 7.77. The first-order valence-electron chi connectivity index (χ1n) is 13.5. The average molecular weight is 552 g/mol. The Bertz CT molecular complexity index is 1610. The van der Waals surface area contributed by atoms with Crippen molar-refractivity contribution >= 4 is 39.9 Å². The monoisotopic (exact) mass is 551 g/mol. The highest BCUT2D eigenvalue weighted by molar-refractivity contribution is 6.12. The summed E-state index contributed by atoms with van der Waals surface area (Å²) in [5.41, 5.74) is 3.28. The number of hydrogen-bond donors (Lipinski definition) is 2. The Balaban J connectivity index is 1.65. The number of para-hydroxylation sites is 2. The largest absolute Gasteiger partial charge is 0.496 e. The van der Waals surface area contributed by atoms with Gasteiger partial charge in [0.05, 0.1) is 37.6 Å². The molecule has 0 fully saturated rings. The molecule has 0 aliphatic carbocycles. The number of hydrogen-bond acceptors (Lipinski definition) is 6. The molecule has 2 atom stereocenters. The van der Waals surface area contributed by atoms with Crippen molar-refractivity contribution in [2.24, 2.45) is 0 Å². The number of carbonyl (C=O) groups excluding carboxylic acids is 3. The molecular formula is C32H33N5O4. The van der Waals surface area contributed by atoms with Crippen LogP contribution >= 0.6 is 0 Å². The maximum atomic E-state index is 14.3. The third kappa shape index (κ3) is 5.49. The lowest BCUT2D eigenvalue weighted by Crippen LogP contribution is -2.55. The lowest BCUT2D eigenvalue weighted by molar-refractivity contribution is -0.128. The van der Waals surface area contributed by atoms with Crippen LogP contribution in [0.4, 0.5) is 11.4 Å². The summed E-state index contributed by atoms with van der Waals surface area (Å²) in [6.45, 7) is 3.85. The zero-order valence-electron chi connectivity index (χ0n) is 23.5. The SMILES string of the molecule is CN[C@@H](C)C(=O)N[C@H]1CN(C(=O)c2ccccn2)c2ccccc2N(Cc2c(OC)ccc3cc(C)ccc23)C1=O. The summed E-state index contributed by atoms with van der Waals surface area (Å²) >= 11 is 0. The van der Waals surface area contributed by atoms with Gasteiger partial charge in [-0.25, -0.2) is 0 Å². The maximum Gasteiger partial charge on any atom is 0.277 e. The predicted octanol–water partition coefficient (Wildman–Crippen LogP) is 3.84. The number of methoxy groups -OCH3 is 1. The van der Waals surface area contributed by atoms with E-state index in [0.717, 1.165) is 21.9 Å². The van der Waals surface area contributed by atoms with Gasteiger partial charge in [-0.15, -0.1) is 0 Å². The zero-order valence-corrected chi connectivity index (χ0v) is 23.5. The van der Waals surface area contributed by atoms with E-state index in [2.05, 4.69) is 21.7 Å². The predicted molar refractivity (Wildman–Crippen MR) is 159 cm³/mol. The lowest BCUT2D eigenvalue weighted by Gasteiger charge is -2.27. The summed E-state index contributed by atoms with van der Waals surface area (Å²) < 4.78 is 5.75. The van der Waals surface area contributed by atoms with E-state index in [0.29, 0.717) is 17.1 Å². The van der Waals surface area contributed by atoms with Gasteiger partial charge in [-0.1, -0.05) is 48.0 Å². The molecule has 3 amide bonds. The fourth-order valence-corrected chi connectivity index (χ4v) is 5.11. The number of aromatic nitrogens is 1. The second-order valence-electron chi connectivity index (χ2n) is 10.1. The van der Waals surface area contributed by atoms with Gasteiger partial charge in [-0.2, -0.15) is 0 Å². The molecule has 0 saturated carbocycles. The number of ether oxygens (including phenoxy) is 1. The minimum absolute atomic E-state index is 0.0597. The molecule has 2 N–H and O–H groups in total. The number of likely N-dealkylation sites (N-methyl/N-ethyl adjacent to an activating group) is 1. The summed E-state index contributed by atoms with van der Waals surface area (Å²) in [7, 11) is 3.28. The van der Waals surface area contributed by atoms with E-state index in [4.69, 9.17) is 4.74 Å². The molecular weight excluding hydrogens is 518 g/mol. The highest BCUT2D eigenvalue weighted by Crippen LogP contribution is 2.37. The lowest BCUT2D eigenvalue weighted by atomic mass is 10.0. The summed E-state index contributed by atoms with van der Waals surface area (Å²) in [4.78, 5) is 48.6. The van der Waals surface area contributed by atoms with Crippen LogP contribution in [-0.4, -0.2) is 55.5 Å². The number of nitrogens with zero attached hydrogens (tertiary/aromatic N) is 3. The molecule has 210 valence electrons. The number of fused-ring (bicyclic) bond motifs is 2. The molecule has 1 aliphatic heterocycles. The van der Waals surface area contributed by atoms with Crippen LogP contribution in [0, 0.1) is 6.92 Å². The molecule has 0 spiro atoms. The third-order valence-corrected chi connectivity index (χ3v) is 7.44. The van der Waals surface area contributed by atoms with Crippen LogP contribution in [0.3, 0.4) is 0 Å². The second-order valence-corrected chi connectivity index (χ2v) is 10.1. The topological polar surface area (TPSA) is 104 Å². The van der Waals surface area contributed by atoms with Crippen molar-refractivity contribution in [1.82, 2.24) is 15.6 Å². The van der Waals surface area contributed by atoms with E-state index in [9.17, 15) is 14.4 Å². The second kappa shape index (κ2) is 11.8. The summed E-state index contributed by atoms with van der Waals surface area (Å²) in [5.74, 6) is -0.412. The minimum Gasteiger partial charge on any atom is -0.496 e. The van der Waals surface area contributed by atoms with E-state index in [1.165, 1.54) is 4.90 Å². The Morgan fingerprint density at radius 2 is 1.80 bits per heavy atom. The molecule has 0 radical (unpaired) electrons. The van der Waals surface area contributed by atoms with Crippen molar-refractivity contribution in [3.63, 3.8) is 0 Å². The van der Waals surface area contributed by atoms with E-state index >= 15 is 0 Å². The number of anilines is 2. The number of carbonyl (C=O) groups is 3. The Labute approximate surface area is 239 Å². The van der Waals surface area contributed by atoms with Gasteiger partial charge in [0.15, 0.2) is 0 Å². The summed E-state index contributed by atoms with van der Waals surface area (Å²) in [6.07, 6.45) is 1.55. The molecule has 9 heteroatoms. The van der Waals surface area contributed by atoms with E-state index in [1.54, 1.807) is 56.4 Å². The van der Waals surface area contributed by atoms with Crippen LogP contribution in [0.5, 0.6) is 5.75 Å². The number of pyridine rings is 1. The van der Waals surface area contributed by atoms with Gasteiger partial charge in [0.1, 0.15) is 17.5 Å². The molecule has 1 aromatic heterocycles. The number of benzene rings is 3. The Morgan fingerprint density at radius 3 is 2.51 bits per heavy atom. The van der Waals surface area contributed by atoms with Gasteiger partial charge in [-0.3, -0.25) is 19.4 Å². The first-order chi connectivity index (χ1) is 19.8. The highest BCUT2D eigenvalue weighted by atomic mass is 16.5. The standard InChI is InChI=1S/C32H33N5O4/c1-20-12-14-23-22(17-20)13-15-29(41-4)24(23)18-36-27-10-5-6-11-28(27)37(31(39)25-9-7-8-16-34-25)19-26(32(36)40)35-30(38)21(2)33-3/h5-17,21,26,33H,18-19H2,1-4H3,(H,35,38)/t21-,26-/m0/s1. The number of nitrogens with one attached hydrogen (secondary N) is 2. The van der Waals surface area contributed by atoms with Crippen LogP contribution in [-0.2, 0) is 16.1 Å². The molecule has 5 rings (SSSR count). The average Bonchev–Trinajstić information content (AvgIpc) is 3.11. The molecule has 0 unspecified atom stereocenters. The van der Waals surface area contributed by atoms with E-state index in [-0.39, 0.29) is 36.5 Å². The van der Waals surface area contributed by atoms with Crippen molar-refractivity contribution in [3.05, 3.63) is 95.8 Å². The number of rotatable bonds is 7. The van der Waals surface area contributed by atoms with Crippen LogP contribution in [0.2, 0.25) is 0 Å². The van der Waals surface area contributed by atoms with Gasteiger partial charge in [0.2, 0.25) is 5.91 Å². The van der Waals surface area contributed by atoms with E-state index in [1.807, 2.05) is 49.4 Å². The Hall–Kier alpha value is -4.76. The fraction of sp³-hybridized carbons (Fsp3) is 0.250. The molecule has 4 aromatic rings. The van der Waals surface area contributed by atoms with Gasteiger partial charge in [0.25, 0.3) is 11.8 Å². The third-order valence-electron chi connectivity index (χ3n) is 7.44. The van der Waals surface area contributed by atoms with Gasteiger partial charge >= 0.3 is 0 Å². The first-order valence-corrected chi connectivity index (χ1v) is 13.5. The maximum absolute atomic E-state index is 14.3. The van der Waals surface area contributed by atoms with Crippen LogP contribution in [0.1, 0.15) is 28.5 Å². The van der Waals surface area contributed by atoms with Crippen LogP contribution in [0.15, 0.2) is 79.0 Å². The Morgan fingerprint density at radius 1 is 1.05 bits per heavy atom. The van der Waals surface area contributed by atoms with Crippen molar-refractivity contribution in [2.45, 2.75) is 32.5 Å². The minimum atomic E-state index is -1.01. The first kappa shape index (κ1) is 27.8. The molecule has 2 heterocycles. The van der Waals surface area contributed by atoms with Crippen molar-refractivity contribution in [2.75, 3.05) is 30.5 Å². The quantitative estimate of drug-likeness (QED) is 0.362. The molecule has 0 saturated heterocycles. The van der Waals surface area contributed by atoms with Crippen molar-refractivity contribution < 1.29 is 19.1 Å². The Kier molecular flexibility index (Phi) is 7.98. The van der Waals surface area contributed by atoms with Crippen LogP contribution in [0.25, 0.3) is 10.8 Å². The molecule has 9 nitrogen and oxygen atoms in total. The molecule has 1 aliphatic rings. The summed E-state index contributed by atoms with van der Waals surface area (Å²) in [6, 6.07) is 20.9. The fourth-order valence-electron chi connectivity index (χ4n) is 5.11. The van der Waals surface area contributed by atoms with Crippen molar-refractivity contribution in [3.8, 4) is 5.75 Å². The van der Waals surface area contributed by atoms with Gasteiger partial charge < -0.3 is 25.2 Å². The smallest absolute Gasteiger partial charge is 0.277 e. The number of aryl methyl sites for hydroxylation is 1. The van der Waals surface area contributed by atoms with Crippen LogP contribution < -0.4 is 25.2 Å². The van der Waals surface area contributed by atoms with Crippen molar-refractivity contribution in [1.29, 1.82) is 0 Å². The molecule has 0 bridgehead atoms. The van der Waals surface area contributed by atoms with E-state index < -0.39 is 12.1 Å². The molecule has 3 aromatic carbocycles. The zero-order chi connectivity index (χ0) is 29.1. The number of amides is 3.